The second-order valence-corrected chi connectivity index (χ2v) is 5.62. The van der Waals surface area contributed by atoms with E-state index in [1.54, 1.807) is 0 Å². The van der Waals surface area contributed by atoms with Crippen LogP contribution in [0, 0.1) is 11.8 Å². The van der Waals surface area contributed by atoms with Gasteiger partial charge in [-0.1, -0.05) is 45.4 Å². The summed E-state index contributed by atoms with van der Waals surface area (Å²) in [5, 5.41) is 0. The molecule has 1 aliphatic carbocycles. The topological polar surface area (TPSA) is 3.24 Å². The summed E-state index contributed by atoms with van der Waals surface area (Å²) in [7, 11) is 4.36. The van der Waals surface area contributed by atoms with Gasteiger partial charge in [-0.05, 0) is 45.3 Å². The zero-order chi connectivity index (χ0) is 11.1. The van der Waals surface area contributed by atoms with Gasteiger partial charge in [0, 0.05) is 0 Å². The Kier molecular flexibility index (Phi) is 6.31. The molecule has 0 unspecified atom stereocenters. The quantitative estimate of drug-likeness (QED) is 0.643. The molecule has 1 heteroatoms. The van der Waals surface area contributed by atoms with Gasteiger partial charge < -0.3 is 4.90 Å². The van der Waals surface area contributed by atoms with Gasteiger partial charge in [0.1, 0.15) is 0 Å². The van der Waals surface area contributed by atoms with Crippen LogP contribution in [0.1, 0.15) is 58.3 Å². The van der Waals surface area contributed by atoms with Crippen LogP contribution in [0.3, 0.4) is 0 Å². The molecule has 0 aromatic heterocycles. The predicted octanol–water partition coefficient (Wildman–Crippen LogP) is 3.93. The van der Waals surface area contributed by atoms with Crippen LogP contribution < -0.4 is 0 Å². The Morgan fingerprint density at radius 1 is 0.933 bits per heavy atom. The highest BCUT2D eigenvalue weighted by atomic mass is 15.0. The van der Waals surface area contributed by atoms with Crippen molar-refractivity contribution in [3.8, 4) is 0 Å². The fraction of sp³-hybridized carbons (Fsp3) is 1.00. The molecule has 1 nitrogen and oxygen atoms in total. The zero-order valence-corrected chi connectivity index (χ0v) is 11.0. The molecule has 0 spiro atoms. The van der Waals surface area contributed by atoms with Crippen LogP contribution in [0.2, 0.25) is 0 Å². The van der Waals surface area contributed by atoms with Gasteiger partial charge in [-0.2, -0.15) is 0 Å². The van der Waals surface area contributed by atoms with E-state index in [1.807, 2.05) is 0 Å². The smallest absolute Gasteiger partial charge is 0.00247 e. The molecule has 0 amide bonds. The highest BCUT2D eigenvalue weighted by Gasteiger charge is 2.19. The minimum atomic E-state index is 1.05. The van der Waals surface area contributed by atoms with E-state index >= 15 is 0 Å². The fourth-order valence-corrected chi connectivity index (χ4v) is 2.91. The normalized spacial score (nSPS) is 27.2. The molecule has 90 valence electrons. The van der Waals surface area contributed by atoms with E-state index in [0.29, 0.717) is 0 Å². The SMILES string of the molecule is CCCC1CCC(CCCN(C)C)CC1. The van der Waals surface area contributed by atoms with Crippen molar-refractivity contribution in [2.24, 2.45) is 11.8 Å². The molecule has 0 radical (unpaired) electrons. The number of nitrogens with zero attached hydrogens (tertiary/aromatic N) is 1. The highest BCUT2D eigenvalue weighted by molar-refractivity contribution is 4.72. The molecule has 1 fully saturated rings. The molecule has 0 saturated heterocycles. The number of hydrogen-bond acceptors (Lipinski definition) is 1. The lowest BCUT2D eigenvalue weighted by Crippen LogP contribution is -2.17. The summed E-state index contributed by atoms with van der Waals surface area (Å²) < 4.78 is 0. The van der Waals surface area contributed by atoms with Crippen molar-refractivity contribution in [1.82, 2.24) is 4.90 Å². The van der Waals surface area contributed by atoms with Crippen molar-refractivity contribution in [3.05, 3.63) is 0 Å². The van der Waals surface area contributed by atoms with Crippen molar-refractivity contribution < 1.29 is 0 Å². The van der Waals surface area contributed by atoms with Gasteiger partial charge in [-0.15, -0.1) is 0 Å². The van der Waals surface area contributed by atoms with Crippen molar-refractivity contribution in [3.63, 3.8) is 0 Å². The van der Waals surface area contributed by atoms with E-state index in [0.717, 1.165) is 11.8 Å². The summed E-state index contributed by atoms with van der Waals surface area (Å²) in [6.45, 7) is 3.60. The monoisotopic (exact) mass is 211 g/mol. The Labute approximate surface area is 96.2 Å². The average Bonchev–Trinajstić information content (AvgIpc) is 2.20. The lowest BCUT2D eigenvalue weighted by molar-refractivity contribution is 0.242. The van der Waals surface area contributed by atoms with Crippen LogP contribution >= 0.6 is 0 Å². The summed E-state index contributed by atoms with van der Waals surface area (Å²) >= 11 is 0. The molecule has 1 saturated carbocycles. The van der Waals surface area contributed by atoms with E-state index in [-0.39, 0.29) is 0 Å². The Hall–Kier alpha value is -0.0400. The third-order valence-corrected chi connectivity index (χ3v) is 3.88. The molecule has 1 rings (SSSR count). The number of rotatable bonds is 6. The van der Waals surface area contributed by atoms with Crippen LogP contribution in [0.4, 0.5) is 0 Å². The Balaban J connectivity index is 2.04. The minimum absolute atomic E-state index is 1.05. The lowest BCUT2D eigenvalue weighted by atomic mass is 9.78. The zero-order valence-electron chi connectivity index (χ0n) is 11.0. The number of hydrogen-bond donors (Lipinski definition) is 0. The first-order valence-corrected chi connectivity index (χ1v) is 6.87. The van der Waals surface area contributed by atoms with Crippen molar-refractivity contribution >= 4 is 0 Å². The van der Waals surface area contributed by atoms with Gasteiger partial charge >= 0.3 is 0 Å². The molecule has 0 atom stereocenters. The molecular formula is C14H29N. The van der Waals surface area contributed by atoms with Gasteiger partial charge in [0.05, 0.1) is 0 Å². The molecule has 0 bridgehead atoms. The Morgan fingerprint density at radius 3 is 1.93 bits per heavy atom. The van der Waals surface area contributed by atoms with Crippen LogP contribution in [0.25, 0.3) is 0 Å². The molecule has 0 aromatic rings. The van der Waals surface area contributed by atoms with Crippen molar-refractivity contribution in [2.75, 3.05) is 20.6 Å². The van der Waals surface area contributed by atoms with Gasteiger partial charge in [0.25, 0.3) is 0 Å². The van der Waals surface area contributed by atoms with Gasteiger partial charge in [-0.25, -0.2) is 0 Å². The molecule has 1 aliphatic rings. The highest BCUT2D eigenvalue weighted by Crippen LogP contribution is 2.33. The van der Waals surface area contributed by atoms with E-state index in [9.17, 15) is 0 Å². The van der Waals surface area contributed by atoms with Crippen LogP contribution in [0.5, 0.6) is 0 Å². The fourth-order valence-electron chi connectivity index (χ4n) is 2.91. The Bertz CT molecular complexity index is 145. The van der Waals surface area contributed by atoms with Crippen LogP contribution in [-0.4, -0.2) is 25.5 Å². The first kappa shape index (κ1) is 13.0. The van der Waals surface area contributed by atoms with Gasteiger partial charge in [-0.3, -0.25) is 0 Å². The Morgan fingerprint density at radius 2 is 1.47 bits per heavy atom. The summed E-state index contributed by atoms with van der Waals surface area (Å²) in [6, 6.07) is 0. The summed E-state index contributed by atoms with van der Waals surface area (Å²) in [4.78, 5) is 2.31. The largest absolute Gasteiger partial charge is 0.309 e. The maximum Gasteiger partial charge on any atom is -0.00247 e. The summed E-state index contributed by atoms with van der Waals surface area (Å²) in [5.41, 5.74) is 0. The summed E-state index contributed by atoms with van der Waals surface area (Å²) in [6.07, 6.45) is 11.8. The molecule has 0 aliphatic heterocycles. The van der Waals surface area contributed by atoms with E-state index in [2.05, 4.69) is 25.9 Å². The molecule has 0 N–H and O–H groups in total. The van der Waals surface area contributed by atoms with Crippen molar-refractivity contribution in [1.29, 1.82) is 0 Å². The third kappa shape index (κ3) is 5.55. The third-order valence-electron chi connectivity index (χ3n) is 3.88. The lowest BCUT2D eigenvalue weighted by Gasteiger charge is -2.28. The van der Waals surface area contributed by atoms with Gasteiger partial charge in [0.15, 0.2) is 0 Å². The molecule has 0 heterocycles. The average molecular weight is 211 g/mol. The molecule has 0 aromatic carbocycles. The molecular weight excluding hydrogens is 182 g/mol. The van der Waals surface area contributed by atoms with E-state index in [4.69, 9.17) is 0 Å². The van der Waals surface area contributed by atoms with E-state index < -0.39 is 0 Å². The maximum atomic E-state index is 2.32. The first-order chi connectivity index (χ1) is 7.22. The predicted molar refractivity (Wildman–Crippen MR) is 68.1 cm³/mol. The minimum Gasteiger partial charge on any atom is -0.309 e. The first-order valence-electron chi connectivity index (χ1n) is 6.87. The second-order valence-electron chi connectivity index (χ2n) is 5.62. The van der Waals surface area contributed by atoms with Gasteiger partial charge in [0.2, 0.25) is 0 Å². The maximum absolute atomic E-state index is 2.32. The van der Waals surface area contributed by atoms with Crippen LogP contribution in [0.15, 0.2) is 0 Å². The van der Waals surface area contributed by atoms with Crippen LogP contribution in [-0.2, 0) is 0 Å². The van der Waals surface area contributed by atoms with Crippen molar-refractivity contribution in [2.45, 2.75) is 58.3 Å². The second kappa shape index (κ2) is 7.27. The summed E-state index contributed by atoms with van der Waals surface area (Å²) in [5.74, 6) is 2.12. The standard InChI is InChI=1S/C14H29N/c1-4-6-13-8-10-14(11-9-13)7-5-12-15(2)3/h13-14H,4-12H2,1-3H3. The van der Waals surface area contributed by atoms with E-state index in [1.165, 1.54) is 57.9 Å². The molecule has 15 heavy (non-hydrogen) atoms.